The van der Waals surface area contributed by atoms with E-state index in [0.29, 0.717) is 11.9 Å². The Labute approximate surface area is 100 Å². The third-order valence-corrected chi connectivity index (χ3v) is 1.84. The molecule has 6 heteroatoms. The number of hydrogen-bond donors (Lipinski definition) is 0. The molecule has 0 aromatic heterocycles. The third kappa shape index (κ3) is 4.84. The molecule has 0 aromatic carbocycles. The number of rotatable bonds is 5. The quantitative estimate of drug-likeness (QED) is 0.421. The molecule has 0 radical (unpaired) electrons. The van der Waals surface area contributed by atoms with Crippen molar-refractivity contribution in [2.45, 2.75) is 6.92 Å². The van der Waals surface area contributed by atoms with Crippen molar-refractivity contribution in [3.63, 3.8) is 0 Å². The summed E-state index contributed by atoms with van der Waals surface area (Å²) in [6.07, 6.45) is -1.41. The molecule has 0 fully saturated rings. The molecule has 0 N–H and O–H groups in total. The Morgan fingerprint density at radius 2 is 1.65 bits per heavy atom. The average molecular weight is 248 g/mol. The highest BCUT2D eigenvalue weighted by Crippen LogP contribution is 2.16. The second-order valence-electron chi connectivity index (χ2n) is 3.68. The zero-order valence-electron chi connectivity index (χ0n) is 10.8. The SMILES string of the molecule is CCOC(=O)C(C=C(F)F)=C(N(C)C)N(C)C. The van der Waals surface area contributed by atoms with Gasteiger partial charge in [-0.1, -0.05) is 0 Å². The van der Waals surface area contributed by atoms with Crippen LogP contribution in [-0.2, 0) is 9.53 Å². The van der Waals surface area contributed by atoms with Gasteiger partial charge in [-0.15, -0.1) is 0 Å². The molecule has 0 bridgehead atoms. The summed E-state index contributed by atoms with van der Waals surface area (Å²) in [7, 11) is 6.66. The lowest BCUT2D eigenvalue weighted by Crippen LogP contribution is -2.28. The van der Waals surface area contributed by atoms with Crippen LogP contribution in [0.4, 0.5) is 8.78 Å². The topological polar surface area (TPSA) is 32.8 Å². The van der Waals surface area contributed by atoms with E-state index in [1.807, 2.05) is 0 Å². The number of carbonyl (C=O) groups is 1. The predicted molar refractivity (Wildman–Crippen MR) is 61.3 cm³/mol. The number of nitrogens with zero attached hydrogens (tertiary/aromatic N) is 2. The van der Waals surface area contributed by atoms with Crippen LogP contribution in [0.1, 0.15) is 6.92 Å². The minimum Gasteiger partial charge on any atom is -0.462 e. The summed E-state index contributed by atoms with van der Waals surface area (Å²) < 4.78 is 29.5. The molecule has 0 atom stereocenters. The first-order valence-corrected chi connectivity index (χ1v) is 5.10. The van der Waals surface area contributed by atoms with Gasteiger partial charge in [-0.25, -0.2) is 4.79 Å². The molecular formula is C11H18F2N2O2. The number of esters is 1. The maximum atomic E-state index is 12.4. The van der Waals surface area contributed by atoms with Crippen molar-refractivity contribution in [1.29, 1.82) is 0 Å². The molecular weight excluding hydrogens is 230 g/mol. The fourth-order valence-corrected chi connectivity index (χ4v) is 1.41. The Kier molecular flexibility index (Phi) is 6.23. The Balaban J connectivity index is 5.61. The first kappa shape index (κ1) is 15.4. The summed E-state index contributed by atoms with van der Waals surface area (Å²) in [6.45, 7) is 1.76. The first-order chi connectivity index (χ1) is 7.81. The summed E-state index contributed by atoms with van der Waals surface area (Å²) in [5.74, 6) is -0.408. The Morgan fingerprint density at radius 3 is 1.94 bits per heavy atom. The molecule has 0 aliphatic rings. The summed E-state index contributed by atoms with van der Waals surface area (Å²) >= 11 is 0. The van der Waals surface area contributed by atoms with Gasteiger partial charge >= 0.3 is 5.97 Å². The van der Waals surface area contributed by atoms with Crippen LogP contribution in [0.2, 0.25) is 0 Å². The van der Waals surface area contributed by atoms with E-state index in [9.17, 15) is 13.6 Å². The van der Waals surface area contributed by atoms with Gasteiger partial charge in [0.05, 0.1) is 6.61 Å². The van der Waals surface area contributed by atoms with E-state index in [1.165, 1.54) is 0 Å². The van der Waals surface area contributed by atoms with Crippen molar-refractivity contribution in [1.82, 2.24) is 9.80 Å². The van der Waals surface area contributed by atoms with Crippen LogP contribution < -0.4 is 0 Å². The van der Waals surface area contributed by atoms with Crippen LogP contribution in [0.3, 0.4) is 0 Å². The Hall–Kier alpha value is -1.59. The number of halogens is 2. The standard InChI is InChI=1S/C11H18F2N2O2/c1-6-17-11(16)8(7-9(12)13)10(14(2)3)15(4)5/h7H,6H2,1-5H3. The fraction of sp³-hybridized carbons (Fsp3) is 0.545. The minimum atomic E-state index is -1.94. The molecule has 0 aliphatic heterocycles. The van der Waals surface area contributed by atoms with Crippen LogP contribution in [0.15, 0.2) is 23.6 Å². The molecule has 98 valence electrons. The highest BCUT2D eigenvalue weighted by atomic mass is 19.3. The molecule has 0 heterocycles. The largest absolute Gasteiger partial charge is 0.462 e. The molecule has 0 rings (SSSR count). The molecule has 0 amide bonds. The van der Waals surface area contributed by atoms with Crippen LogP contribution in [-0.4, -0.2) is 50.6 Å². The first-order valence-electron chi connectivity index (χ1n) is 5.10. The number of carbonyl (C=O) groups excluding carboxylic acids is 1. The maximum Gasteiger partial charge on any atom is 0.342 e. The monoisotopic (exact) mass is 248 g/mol. The zero-order chi connectivity index (χ0) is 13.6. The maximum absolute atomic E-state index is 12.4. The van der Waals surface area contributed by atoms with Gasteiger partial charge in [0.25, 0.3) is 6.08 Å². The van der Waals surface area contributed by atoms with E-state index >= 15 is 0 Å². The predicted octanol–water partition coefficient (Wildman–Crippen LogP) is 1.66. The molecule has 17 heavy (non-hydrogen) atoms. The number of hydrogen-bond acceptors (Lipinski definition) is 4. The van der Waals surface area contributed by atoms with E-state index < -0.39 is 12.0 Å². The zero-order valence-corrected chi connectivity index (χ0v) is 10.8. The highest BCUT2D eigenvalue weighted by Gasteiger charge is 2.19. The molecule has 0 aromatic rings. The molecule has 0 saturated heterocycles. The van der Waals surface area contributed by atoms with Gasteiger partial charge < -0.3 is 14.5 Å². The van der Waals surface area contributed by atoms with Crippen LogP contribution in [0.5, 0.6) is 0 Å². The lowest BCUT2D eigenvalue weighted by atomic mass is 10.2. The lowest BCUT2D eigenvalue weighted by Gasteiger charge is -2.26. The molecule has 0 unspecified atom stereocenters. The molecule has 0 aliphatic carbocycles. The molecule has 0 saturated carbocycles. The van der Waals surface area contributed by atoms with Crippen molar-refractivity contribution in [2.24, 2.45) is 0 Å². The van der Waals surface area contributed by atoms with Crippen LogP contribution in [0, 0.1) is 0 Å². The van der Waals surface area contributed by atoms with Gasteiger partial charge in [0.1, 0.15) is 11.4 Å². The van der Waals surface area contributed by atoms with Gasteiger partial charge in [0.15, 0.2) is 0 Å². The summed E-state index contributed by atoms with van der Waals surface area (Å²) in [6, 6.07) is 0. The highest BCUT2D eigenvalue weighted by molar-refractivity contribution is 5.92. The van der Waals surface area contributed by atoms with Crippen molar-refractivity contribution in [3.8, 4) is 0 Å². The average Bonchev–Trinajstić information content (AvgIpc) is 2.15. The number of ether oxygens (including phenoxy) is 1. The van der Waals surface area contributed by atoms with Gasteiger partial charge in [-0.2, -0.15) is 8.78 Å². The smallest absolute Gasteiger partial charge is 0.342 e. The lowest BCUT2D eigenvalue weighted by molar-refractivity contribution is -0.138. The normalized spacial score (nSPS) is 9.35. The van der Waals surface area contributed by atoms with E-state index in [0.717, 1.165) is 0 Å². The van der Waals surface area contributed by atoms with E-state index in [2.05, 4.69) is 0 Å². The van der Waals surface area contributed by atoms with Gasteiger partial charge in [-0.3, -0.25) is 0 Å². The van der Waals surface area contributed by atoms with E-state index in [-0.39, 0.29) is 12.2 Å². The summed E-state index contributed by atoms with van der Waals surface area (Å²) in [4.78, 5) is 14.8. The molecule has 0 spiro atoms. The van der Waals surface area contributed by atoms with Crippen LogP contribution >= 0.6 is 0 Å². The summed E-state index contributed by atoms with van der Waals surface area (Å²) in [5.41, 5.74) is -0.165. The molecule has 4 nitrogen and oxygen atoms in total. The van der Waals surface area contributed by atoms with Crippen molar-refractivity contribution < 1.29 is 18.3 Å². The third-order valence-electron chi connectivity index (χ3n) is 1.84. The summed E-state index contributed by atoms with van der Waals surface area (Å²) in [5, 5.41) is 0. The van der Waals surface area contributed by atoms with E-state index in [4.69, 9.17) is 4.74 Å². The Morgan fingerprint density at radius 1 is 1.18 bits per heavy atom. The van der Waals surface area contributed by atoms with Crippen molar-refractivity contribution >= 4 is 5.97 Å². The fourth-order valence-electron chi connectivity index (χ4n) is 1.41. The second kappa shape index (κ2) is 6.88. The second-order valence-corrected chi connectivity index (χ2v) is 3.68. The van der Waals surface area contributed by atoms with E-state index in [1.54, 1.807) is 44.9 Å². The van der Waals surface area contributed by atoms with Gasteiger partial charge in [0.2, 0.25) is 0 Å². The minimum absolute atomic E-state index is 0.137. The Bertz CT molecular complexity index is 322. The van der Waals surface area contributed by atoms with Gasteiger partial charge in [-0.05, 0) is 6.92 Å². The van der Waals surface area contributed by atoms with Gasteiger partial charge in [0, 0.05) is 34.3 Å². The van der Waals surface area contributed by atoms with Crippen LogP contribution in [0.25, 0.3) is 0 Å². The van der Waals surface area contributed by atoms with Crippen molar-refractivity contribution in [2.75, 3.05) is 34.8 Å². The van der Waals surface area contributed by atoms with Crippen molar-refractivity contribution in [3.05, 3.63) is 23.6 Å².